The van der Waals surface area contributed by atoms with Crippen molar-refractivity contribution in [1.82, 2.24) is 4.90 Å². The van der Waals surface area contributed by atoms with Crippen LogP contribution in [0.15, 0.2) is 137 Å². The lowest BCUT2D eigenvalue weighted by atomic mass is 9.55. The van der Waals surface area contributed by atoms with Gasteiger partial charge in [-0.05, 0) is 96.7 Å². The van der Waals surface area contributed by atoms with E-state index >= 15 is 0 Å². The first kappa shape index (κ1) is 47.3. The summed E-state index contributed by atoms with van der Waals surface area (Å²) in [6, 6.07) is 31.0. The molecular weight excluding hydrogens is 847 g/mol. The molecule has 0 spiro atoms. The monoisotopic (exact) mass is 905 g/mol. The van der Waals surface area contributed by atoms with Gasteiger partial charge in [-0.15, -0.1) is 18.3 Å². The summed E-state index contributed by atoms with van der Waals surface area (Å²) >= 11 is 1.73. The van der Waals surface area contributed by atoms with E-state index in [-0.39, 0.29) is 62.9 Å². The van der Waals surface area contributed by atoms with Gasteiger partial charge in [0.25, 0.3) is 5.69 Å². The predicted molar refractivity (Wildman–Crippen MR) is 250 cm³/mol. The number of unbranched alkanes of at least 4 members (excludes halogenated alkanes) is 2. The molecule has 0 saturated heterocycles. The molecule has 3 aliphatic rings. The number of allylic oxidation sites excluding steroid dienone is 1. The van der Waals surface area contributed by atoms with Crippen molar-refractivity contribution in [1.29, 1.82) is 0 Å². The maximum absolute atomic E-state index is 14.3. The molecule has 0 bridgehead atoms. The van der Waals surface area contributed by atoms with Crippen molar-refractivity contribution < 1.29 is 43.7 Å². The second-order valence-electron chi connectivity index (χ2n) is 16.6. The molecule has 344 valence electrons. The average molecular weight is 906 g/mol. The van der Waals surface area contributed by atoms with Gasteiger partial charge in [-0.25, -0.2) is 4.79 Å². The summed E-state index contributed by atoms with van der Waals surface area (Å²) in [7, 11) is 1.69. The number of nitro groups is 1. The molecule has 0 aromatic heterocycles. The average Bonchev–Trinajstić information content (AvgIpc) is 3.33. The fourth-order valence-corrected chi connectivity index (χ4v) is 10.3. The summed E-state index contributed by atoms with van der Waals surface area (Å²) in [5.74, 6) is -0.0569. The van der Waals surface area contributed by atoms with E-state index in [0.717, 1.165) is 48.1 Å². The van der Waals surface area contributed by atoms with E-state index < -0.39 is 28.8 Å². The molecular formula is C51H59N3O10S. The molecule has 2 N–H and O–H groups in total. The minimum atomic E-state index is -1.45. The number of non-ortho nitro benzene ring substituents is 1. The Balaban J connectivity index is 1.32. The lowest BCUT2D eigenvalue weighted by Crippen LogP contribution is -2.69. The van der Waals surface area contributed by atoms with E-state index in [1.54, 1.807) is 41.9 Å². The first-order chi connectivity index (χ1) is 31.8. The van der Waals surface area contributed by atoms with Crippen LogP contribution < -0.4 is 9.47 Å². The number of ether oxygens (including phenoxy) is 4. The molecule has 65 heavy (non-hydrogen) atoms. The third-order valence-corrected chi connectivity index (χ3v) is 13.5. The number of thioether (sulfide) groups is 1. The van der Waals surface area contributed by atoms with Crippen LogP contribution in [0, 0.1) is 27.9 Å². The Morgan fingerprint density at radius 3 is 2.37 bits per heavy atom. The van der Waals surface area contributed by atoms with E-state index in [4.69, 9.17) is 28.9 Å². The largest absolute Gasteiger partial charge is 0.493 e. The van der Waals surface area contributed by atoms with E-state index in [1.165, 1.54) is 17.0 Å². The number of nitrogens with zero attached hydrogens (tertiary/aromatic N) is 3. The molecule has 1 amide bonds. The molecule has 4 aromatic rings. The van der Waals surface area contributed by atoms with Crippen molar-refractivity contribution in [2.45, 2.75) is 80.8 Å². The fourth-order valence-electron chi connectivity index (χ4n) is 9.50. The van der Waals surface area contributed by atoms with Gasteiger partial charge < -0.3 is 38.9 Å². The van der Waals surface area contributed by atoms with Gasteiger partial charge in [0.15, 0.2) is 0 Å². The number of oxime groups is 1. The number of hydrogen-bond acceptors (Lipinski definition) is 12. The summed E-state index contributed by atoms with van der Waals surface area (Å²) < 4.78 is 26.6. The van der Waals surface area contributed by atoms with Crippen molar-refractivity contribution in [2.75, 3.05) is 39.2 Å². The summed E-state index contributed by atoms with van der Waals surface area (Å²) in [4.78, 5) is 34.0. The topological polar surface area (TPSA) is 162 Å². The van der Waals surface area contributed by atoms with Crippen LogP contribution in [-0.2, 0) is 27.5 Å². The SMILES string of the molecule is C=CCOC12Oc3ccc(OCCSc4ccccc4)cc3C3C(CCCCO)C(CCCCO)C=C(C(=NOCc4ccc([N+](=O)[O-])cc4)CC1N(C)C(=O)OCc1ccccc1)C32. The smallest absolute Gasteiger partial charge is 0.410 e. The van der Waals surface area contributed by atoms with Crippen molar-refractivity contribution in [3.63, 3.8) is 0 Å². The molecule has 1 aliphatic heterocycles. The highest BCUT2D eigenvalue weighted by molar-refractivity contribution is 7.99. The van der Waals surface area contributed by atoms with Crippen LogP contribution >= 0.6 is 11.8 Å². The minimum absolute atomic E-state index is 0.0235. The first-order valence-electron chi connectivity index (χ1n) is 22.4. The number of likely N-dealkylation sites (N-methyl/N-ethyl adjacent to an activating group) is 1. The highest BCUT2D eigenvalue weighted by atomic mass is 32.2. The molecule has 6 atom stereocenters. The Kier molecular flexibility index (Phi) is 16.7. The second-order valence-corrected chi connectivity index (χ2v) is 17.8. The van der Waals surface area contributed by atoms with E-state index in [1.807, 2.05) is 60.7 Å². The molecule has 14 heteroatoms. The van der Waals surface area contributed by atoms with Crippen LogP contribution in [0.3, 0.4) is 0 Å². The van der Waals surface area contributed by atoms with Gasteiger partial charge in [-0.1, -0.05) is 78.7 Å². The predicted octanol–water partition coefficient (Wildman–Crippen LogP) is 9.87. The van der Waals surface area contributed by atoms with Gasteiger partial charge in [0.2, 0.25) is 5.79 Å². The number of benzene rings is 4. The number of nitro benzene ring substituents is 1. The number of fused-ring (bicyclic) bond motifs is 2. The van der Waals surface area contributed by atoms with Crippen molar-refractivity contribution >= 4 is 29.3 Å². The number of carbonyl (C=O) groups is 1. The van der Waals surface area contributed by atoms with Crippen molar-refractivity contribution in [3.05, 3.63) is 154 Å². The Morgan fingerprint density at radius 2 is 1.66 bits per heavy atom. The van der Waals surface area contributed by atoms with Crippen LogP contribution in [-0.4, -0.2) is 82.9 Å². The third-order valence-electron chi connectivity index (χ3n) is 12.5. The maximum Gasteiger partial charge on any atom is 0.410 e. The van der Waals surface area contributed by atoms with Gasteiger partial charge in [-0.3, -0.25) is 10.1 Å². The van der Waals surface area contributed by atoms with E-state index in [9.17, 15) is 25.1 Å². The molecule has 2 aliphatic carbocycles. The highest BCUT2D eigenvalue weighted by Gasteiger charge is 2.65. The Hall–Kier alpha value is -5.67. The zero-order valence-electron chi connectivity index (χ0n) is 36.9. The first-order valence-corrected chi connectivity index (χ1v) is 23.4. The maximum atomic E-state index is 14.3. The summed E-state index contributed by atoms with van der Waals surface area (Å²) in [5, 5.41) is 36.1. The van der Waals surface area contributed by atoms with Gasteiger partial charge >= 0.3 is 6.09 Å². The summed E-state index contributed by atoms with van der Waals surface area (Å²) in [6.45, 7) is 4.87. The molecule has 6 unspecified atom stereocenters. The van der Waals surface area contributed by atoms with Gasteiger partial charge in [0.05, 0.1) is 29.8 Å². The molecule has 13 nitrogen and oxygen atoms in total. The normalized spacial score (nSPS) is 22.4. The molecule has 1 heterocycles. The second kappa shape index (κ2) is 23.0. The standard InChI is InChI=1S/C51H59N3O10S/c1-3-28-62-51-47(53(2)50(57)61-34-36-14-6-4-7-15-36)33-45(52-63-35-37-20-22-39(23-21-37)54(58)59)43-31-38(16-10-12-26-55)42(19-11-13-27-56)48(49(43)51)44-32-40(24-25-46(44)64-51)60-29-30-65-41-17-8-5-9-18-41/h3-9,14-15,17-18,20-25,31-32,38,42,47-49,55-56H,1,10-13,16,19,26-30,33-35H2,2H3. The van der Waals surface area contributed by atoms with Gasteiger partial charge in [0.1, 0.15) is 30.8 Å². The Morgan fingerprint density at radius 1 is 0.954 bits per heavy atom. The molecule has 4 aromatic carbocycles. The van der Waals surface area contributed by atoms with Crippen LogP contribution in [0.5, 0.6) is 11.5 Å². The number of aliphatic hydroxyl groups is 2. The molecule has 1 saturated carbocycles. The molecule has 1 fully saturated rings. The van der Waals surface area contributed by atoms with Crippen LogP contribution in [0.1, 0.15) is 67.6 Å². The van der Waals surface area contributed by atoms with Gasteiger partial charge in [-0.2, -0.15) is 0 Å². The van der Waals surface area contributed by atoms with Gasteiger partial charge in [0, 0.05) is 60.9 Å². The van der Waals surface area contributed by atoms with Crippen LogP contribution in [0.2, 0.25) is 0 Å². The Labute approximate surface area is 385 Å². The fraction of sp³-hybridized carbons (Fsp3) is 0.412. The zero-order valence-corrected chi connectivity index (χ0v) is 37.7. The van der Waals surface area contributed by atoms with Crippen molar-refractivity contribution in [3.8, 4) is 11.5 Å². The highest BCUT2D eigenvalue weighted by Crippen LogP contribution is 2.62. The minimum Gasteiger partial charge on any atom is -0.493 e. The van der Waals surface area contributed by atoms with Crippen LogP contribution in [0.4, 0.5) is 10.5 Å². The lowest BCUT2D eigenvalue weighted by molar-refractivity contribution is -0.384. The summed E-state index contributed by atoms with van der Waals surface area (Å²) in [6.07, 6.45) is 8.02. The number of rotatable bonds is 23. The molecule has 7 rings (SSSR count). The summed E-state index contributed by atoms with van der Waals surface area (Å²) in [5.41, 5.74) is 3.97. The zero-order chi connectivity index (χ0) is 45.6. The van der Waals surface area contributed by atoms with Crippen LogP contribution in [0.25, 0.3) is 0 Å². The number of hydrogen-bond donors (Lipinski definition) is 2. The third kappa shape index (κ3) is 11.4. The number of aliphatic hydroxyl groups excluding tert-OH is 2. The molecule has 0 radical (unpaired) electrons. The quantitative estimate of drug-likeness (QED) is 0.0240. The van der Waals surface area contributed by atoms with E-state index in [2.05, 4.69) is 30.9 Å². The van der Waals surface area contributed by atoms with E-state index in [0.29, 0.717) is 42.2 Å². The Bertz CT molecular complexity index is 2260. The lowest BCUT2D eigenvalue weighted by Gasteiger charge is -2.59. The number of amides is 1. The van der Waals surface area contributed by atoms with Crippen molar-refractivity contribution in [2.24, 2.45) is 22.9 Å². The number of carbonyl (C=O) groups excluding carboxylic acids is 1.